The van der Waals surface area contributed by atoms with Crippen molar-refractivity contribution < 1.29 is 9.85 Å². The molecule has 0 atom stereocenters. The fourth-order valence-corrected chi connectivity index (χ4v) is 7.74. The molecule has 1 aliphatic rings. The number of nitro groups is 2. The van der Waals surface area contributed by atoms with Crippen LogP contribution in [-0.2, 0) is 0 Å². The van der Waals surface area contributed by atoms with Crippen molar-refractivity contribution in [2.45, 2.75) is 27.7 Å². The van der Waals surface area contributed by atoms with E-state index in [9.17, 15) is 20.2 Å². The zero-order valence-corrected chi connectivity index (χ0v) is 28.1. The molecule has 0 aromatic carbocycles. The van der Waals surface area contributed by atoms with Crippen molar-refractivity contribution in [1.29, 1.82) is 0 Å². The SMILES string of the molecule is CCS(CC)=C(N)c1nc(C(N)=S)nc(N2CCN(c3nc(C(N)=S)nc(C(N)=S(CC)CC)c3[N+](=O)[O-])CC2)c1[N+](=O)[O-]. The molecule has 2 aromatic heterocycles. The minimum absolute atomic E-state index is 0.00960. The smallest absolute Gasteiger partial charge is 0.339 e. The third-order valence-electron chi connectivity index (χ3n) is 6.90. The van der Waals surface area contributed by atoms with Crippen molar-refractivity contribution in [1.82, 2.24) is 19.9 Å². The minimum atomic E-state index is -0.562. The van der Waals surface area contributed by atoms with E-state index in [1.807, 2.05) is 27.7 Å². The van der Waals surface area contributed by atoms with E-state index in [4.69, 9.17) is 47.4 Å². The molecule has 16 nitrogen and oxygen atoms in total. The Bertz CT molecular complexity index is 1450. The van der Waals surface area contributed by atoms with Gasteiger partial charge < -0.3 is 21.3 Å². The molecule has 0 unspecified atom stereocenters. The summed E-state index contributed by atoms with van der Waals surface area (Å²) in [6.45, 7) is 8.47. The molecule has 1 fully saturated rings. The number of nitrogens with zero attached hydrogens (tertiary/aromatic N) is 8. The second kappa shape index (κ2) is 15.1. The monoisotopic (exact) mass is 684 g/mol. The Hall–Kier alpha value is -3.30. The summed E-state index contributed by atoms with van der Waals surface area (Å²) in [4.78, 5) is 44.7. The van der Waals surface area contributed by atoms with Gasteiger partial charge in [-0.3, -0.25) is 31.7 Å². The Morgan fingerprint density at radius 2 is 0.977 bits per heavy atom. The van der Waals surface area contributed by atoms with E-state index in [-0.39, 0.29) is 92.2 Å². The normalized spacial score (nSPS) is 13.4. The van der Waals surface area contributed by atoms with Crippen LogP contribution in [0.15, 0.2) is 0 Å². The van der Waals surface area contributed by atoms with Gasteiger partial charge in [-0.05, 0) is 23.0 Å². The Balaban J connectivity index is 2.15. The summed E-state index contributed by atoms with van der Waals surface area (Å²) in [6.07, 6.45) is 0. The number of anilines is 2. The lowest BCUT2D eigenvalue weighted by Gasteiger charge is -2.35. The highest BCUT2D eigenvalue weighted by atomic mass is 32.2. The van der Waals surface area contributed by atoms with Gasteiger partial charge in [0.2, 0.25) is 11.6 Å². The molecular formula is C24H36N12O4S4. The molecular weight excluding hydrogens is 649 g/mol. The number of aromatic nitrogens is 4. The third kappa shape index (κ3) is 7.32. The van der Waals surface area contributed by atoms with Gasteiger partial charge >= 0.3 is 11.4 Å². The van der Waals surface area contributed by atoms with E-state index in [1.54, 1.807) is 9.80 Å². The Morgan fingerprint density at radius 1 is 0.682 bits per heavy atom. The molecule has 1 aliphatic heterocycles. The van der Waals surface area contributed by atoms with Crippen LogP contribution in [0.1, 0.15) is 50.7 Å². The van der Waals surface area contributed by atoms with Gasteiger partial charge in [0.1, 0.15) is 9.98 Å². The quantitative estimate of drug-likeness (QED) is 0.139. The average Bonchev–Trinajstić information content (AvgIpc) is 3.00. The molecule has 1 saturated heterocycles. The number of rotatable bonds is 12. The van der Waals surface area contributed by atoms with Crippen molar-refractivity contribution in [3.8, 4) is 0 Å². The van der Waals surface area contributed by atoms with E-state index in [0.717, 1.165) is 0 Å². The molecule has 2 aromatic rings. The van der Waals surface area contributed by atoms with E-state index in [0.29, 0.717) is 23.0 Å². The topological polar surface area (TPSA) is 248 Å². The summed E-state index contributed by atoms with van der Waals surface area (Å²) in [5.74, 6) is 2.64. The predicted molar refractivity (Wildman–Crippen MR) is 188 cm³/mol. The number of nitrogens with two attached hydrogens (primary N) is 4. The van der Waals surface area contributed by atoms with Crippen LogP contribution < -0.4 is 32.7 Å². The van der Waals surface area contributed by atoms with Gasteiger partial charge in [0.05, 0.1) is 19.8 Å². The molecule has 0 radical (unpaired) electrons. The Kier molecular flexibility index (Phi) is 12.1. The molecule has 0 bridgehead atoms. The molecule has 0 saturated carbocycles. The van der Waals surface area contributed by atoms with Crippen LogP contribution >= 0.6 is 45.4 Å². The maximum absolute atomic E-state index is 12.4. The maximum atomic E-state index is 12.4. The molecule has 3 rings (SSSR count). The lowest BCUT2D eigenvalue weighted by atomic mass is 10.2. The first-order chi connectivity index (χ1) is 20.8. The maximum Gasteiger partial charge on any atom is 0.339 e. The van der Waals surface area contributed by atoms with Gasteiger partial charge in [0.15, 0.2) is 23.0 Å². The highest BCUT2D eigenvalue weighted by Crippen LogP contribution is 2.35. The Labute approximate surface area is 270 Å². The van der Waals surface area contributed by atoms with E-state index in [2.05, 4.69) is 19.9 Å². The largest absolute Gasteiger partial charge is 0.387 e. The zero-order valence-electron chi connectivity index (χ0n) is 24.8. The van der Waals surface area contributed by atoms with Crippen molar-refractivity contribution in [2.75, 3.05) is 59.0 Å². The van der Waals surface area contributed by atoms with E-state index >= 15 is 0 Å². The molecule has 44 heavy (non-hydrogen) atoms. The summed E-state index contributed by atoms with van der Waals surface area (Å²) in [5.41, 5.74) is 23.9. The van der Waals surface area contributed by atoms with Crippen LogP contribution in [0.4, 0.5) is 23.0 Å². The van der Waals surface area contributed by atoms with E-state index in [1.165, 1.54) is 0 Å². The van der Waals surface area contributed by atoms with Crippen LogP contribution in [0.5, 0.6) is 0 Å². The van der Waals surface area contributed by atoms with Crippen LogP contribution in [-0.4, -0.2) is 98.9 Å². The van der Waals surface area contributed by atoms with Gasteiger partial charge in [-0.1, -0.05) is 52.1 Å². The van der Waals surface area contributed by atoms with Gasteiger partial charge in [-0.2, -0.15) is 21.0 Å². The summed E-state index contributed by atoms with van der Waals surface area (Å²) < 4.78 is 0. The summed E-state index contributed by atoms with van der Waals surface area (Å²) >= 11 is 10.2. The summed E-state index contributed by atoms with van der Waals surface area (Å²) in [5, 5.41) is 24.8. The van der Waals surface area contributed by atoms with Crippen molar-refractivity contribution >= 4 is 88.4 Å². The number of hydrogen-bond donors (Lipinski definition) is 4. The highest BCUT2D eigenvalue weighted by molar-refractivity contribution is 8.16. The number of hydrogen-bond acceptors (Lipinski definition) is 12. The van der Waals surface area contributed by atoms with Crippen LogP contribution in [0.3, 0.4) is 0 Å². The molecule has 240 valence electrons. The first-order valence-corrected chi connectivity index (χ1v) is 17.6. The number of piperazine rings is 1. The standard InChI is InChI=1S/C24H36N12O4S4/c1-5-43(6-2)19(27)13-15(35(37)38)23(31-21(29-13)17(25)41)33-9-11-34(12-10-33)24-16(36(39)40)14(20(28)44(7-3)8-4)30-22(32-24)18(26)42/h5-12,27-28H2,1-4H3,(H2,25,41)(H2,26,42). The molecule has 0 spiro atoms. The van der Waals surface area contributed by atoms with Crippen molar-refractivity contribution in [3.05, 3.63) is 43.3 Å². The zero-order chi connectivity index (χ0) is 32.9. The first kappa shape index (κ1) is 35.2. The predicted octanol–water partition coefficient (Wildman–Crippen LogP) is 1.17. The van der Waals surface area contributed by atoms with E-state index < -0.39 is 30.8 Å². The molecule has 3 heterocycles. The van der Waals surface area contributed by atoms with Crippen LogP contribution in [0, 0.1) is 20.2 Å². The van der Waals surface area contributed by atoms with Gasteiger partial charge in [-0.15, -0.1) is 0 Å². The molecule has 0 amide bonds. The highest BCUT2D eigenvalue weighted by Gasteiger charge is 2.36. The lowest BCUT2D eigenvalue weighted by Crippen LogP contribution is -2.48. The number of thiocarbonyl (C=S) groups is 2. The lowest BCUT2D eigenvalue weighted by molar-refractivity contribution is -0.385. The fourth-order valence-electron chi connectivity index (χ4n) is 4.66. The van der Waals surface area contributed by atoms with Crippen molar-refractivity contribution in [2.24, 2.45) is 22.9 Å². The molecule has 0 aliphatic carbocycles. The third-order valence-corrected chi connectivity index (χ3v) is 11.7. The van der Waals surface area contributed by atoms with Crippen molar-refractivity contribution in [3.63, 3.8) is 0 Å². The Morgan fingerprint density at radius 3 is 1.20 bits per heavy atom. The second-order valence-electron chi connectivity index (χ2n) is 9.22. The van der Waals surface area contributed by atoms with Gasteiger partial charge in [-0.25, -0.2) is 19.9 Å². The summed E-state index contributed by atoms with van der Waals surface area (Å²) in [7, 11) is -0.945. The van der Waals surface area contributed by atoms with Crippen LogP contribution in [0.25, 0.3) is 0 Å². The molecule has 20 heteroatoms. The van der Waals surface area contributed by atoms with Gasteiger partial charge in [0, 0.05) is 26.2 Å². The first-order valence-electron chi connectivity index (χ1n) is 13.6. The second-order valence-corrected chi connectivity index (χ2v) is 15.3. The average molecular weight is 685 g/mol. The summed E-state index contributed by atoms with van der Waals surface area (Å²) in [6, 6.07) is 0. The van der Waals surface area contributed by atoms with Gasteiger partial charge in [0.25, 0.3) is 0 Å². The fraction of sp³-hybridized carbons (Fsp3) is 0.500. The molecule has 8 N–H and O–H groups in total. The van der Waals surface area contributed by atoms with Crippen LogP contribution in [0.2, 0.25) is 0 Å². The minimum Gasteiger partial charge on any atom is -0.387 e.